The van der Waals surface area contributed by atoms with Gasteiger partial charge < -0.3 is 10.4 Å². The molecule has 6 nitrogen and oxygen atoms in total. The van der Waals surface area contributed by atoms with Gasteiger partial charge in [0.2, 0.25) is 0 Å². The first kappa shape index (κ1) is 17.9. The molecule has 1 amide bonds. The third-order valence-electron chi connectivity index (χ3n) is 3.33. The number of aliphatic carboxylic acids is 1. The third-order valence-corrected chi connectivity index (χ3v) is 3.61. The van der Waals surface area contributed by atoms with E-state index in [0.29, 0.717) is 17.9 Å². The van der Waals surface area contributed by atoms with Gasteiger partial charge in [-0.2, -0.15) is 0 Å². The lowest BCUT2D eigenvalue weighted by Gasteiger charge is -2.09. The lowest BCUT2D eigenvalue weighted by Crippen LogP contribution is -2.16. The summed E-state index contributed by atoms with van der Waals surface area (Å²) in [4.78, 5) is 31.2. The second-order valence-electron chi connectivity index (χ2n) is 5.62. The van der Waals surface area contributed by atoms with Crippen LogP contribution in [-0.4, -0.2) is 27.0 Å². The minimum absolute atomic E-state index is 0.0697. The molecule has 0 saturated heterocycles. The molecule has 7 heteroatoms. The lowest BCUT2D eigenvalue weighted by molar-refractivity contribution is -0.136. The molecule has 0 fully saturated rings. The van der Waals surface area contributed by atoms with E-state index in [1.54, 1.807) is 24.3 Å². The number of amides is 1. The normalized spacial score (nSPS) is 10.7. The van der Waals surface area contributed by atoms with E-state index in [1.165, 1.54) is 6.20 Å². The molecular formula is C17H18ClN3O3. The zero-order chi connectivity index (χ0) is 17.7. The molecule has 1 heterocycles. The minimum Gasteiger partial charge on any atom is -0.481 e. The van der Waals surface area contributed by atoms with Crippen LogP contribution in [0.5, 0.6) is 0 Å². The molecule has 0 unspecified atom stereocenters. The molecule has 0 bridgehead atoms. The fourth-order valence-corrected chi connectivity index (χ4v) is 2.19. The van der Waals surface area contributed by atoms with E-state index in [4.69, 9.17) is 16.7 Å². The molecule has 1 aromatic heterocycles. The molecule has 0 spiro atoms. The Bertz CT molecular complexity index is 745. The number of rotatable bonds is 6. The van der Waals surface area contributed by atoms with Crippen LogP contribution in [0.2, 0.25) is 5.02 Å². The van der Waals surface area contributed by atoms with Gasteiger partial charge >= 0.3 is 5.97 Å². The zero-order valence-corrected chi connectivity index (χ0v) is 14.2. The number of benzene rings is 1. The number of aryl methyl sites for hydroxylation is 1. The molecule has 126 valence electrons. The Kier molecular flexibility index (Phi) is 5.87. The van der Waals surface area contributed by atoms with Crippen LogP contribution in [0.15, 0.2) is 30.5 Å². The van der Waals surface area contributed by atoms with Crippen LogP contribution >= 0.6 is 11.6 Å². The summed E-state index contributed by atoms with van der Waals surface area (Å²) in [6.07, 6.45) is 1.94. The summed E-state index contributed by atoms with van der Waals surface area (Å²) in [7, 11) is 0. The van der Waals surface area contributed by atoms with Gasteiger partial charge in [0.05, 0.1) is 11.2 Å². The van der Waals surface area contributed by atoms with Crippen LogP contribution < -0.4 is 5.32 Å². The number of carbonyl (C=O) groups excluding carboxylic acids is 1. The molecule has 2 rings (SSSR count). The van der Waals surface area contributed by atoms with Gasteiger partial charge in [0.15, 0.2) is 5.69 Å². The predicted octanol–water partition coefficient (Wildman–Crippen LogP) is 3.52. The van der Waals surface area contributed by atoms with E-state index in [0.717, 1.165) is 5.56 Å². The van der Waals surface area contributed by atoms with E-state index in [-0.39, 0.29) is 23.1 Å². The highest BCUT2D eigenvalue weighted by Crippen LogP contribution is 2.18. The van der Waals surface area contributed by atoms with Crippen molar-refractivity contribution < 1.29 is 14.7 Å². The number of carboxylic acids is 1. The number of aromatic nitrogens is 2. The first-order valence-corrected chi connectivity index (χ1v) is 7.89. The van der Waals surface area contributed by atoms with Gasteiger partial charge in [-0.25, -0.2) is 9.97 Å². The fraction of sp³-hybridized carbons (Fsp3) is 0.294. The summed E-state index contributed by atoms with van der Waals surface area (Å²) in [5, 5.41) is 11.6. The average molecular weight is 348 g/mol. The number of carbonyl (C=O) groups is 2. The van der Waals surface area contributed by atoms with Gasteiger partial charge in [-0.1, -0.05) is 37.6 Å². The monoisotopic (exact) mass is 347 g/mol. The summed E-state index contributed by atoms with van der Waals surface area (Å²) in [5.41, 5.74) is 1.60. The highest BCUT2D eigenvalue weighted by atomic mass is 35.5. The number of nitrogens with zero attached hydrogens (tertiary/aromatic N) is 2. The van der Waals surface area contributed by atoms with Crippen molar-refractivity contribution in [1.82, 2.24) is 9.97 Å². The molecule has 0 atom stereocenters. The summed E-state index contributed by atoms with van der Waals surface area (Å²) in [6, 6.07) is 6.99. The van der Waals surface area contributed by atoms with Gasteiger partial charge in [0, 0.05) is 18.0 Å². The molecular weight excluding hydrogens is 330 g/mol. The Labute approximate surface area is 144 Å². The molecule has 1 aromatic carbocycles. The van der Waals surface area contributed by atoms with E-state index in [2.05, 4.69) is 15.3 Å². The maximum Gasteiger partial charge on any atom is 0.303 e. The number of nitrogens with one attached hydrogen (secondary N) is 1. The summed E-state index contributed by atoms with van der Waals surface area (Å²) in [6.45, 7) is 3.86. The average Bonchev–Trinajstić information content (AvgIpc) is 2.54. The molecule has 2 N–H and O–H groups in total. The van der Waals surface area contributed by atoms with Crippen LogP contribution in [0, 0.1) is 0 Å². The molecule has 24 heavy (non-hydrogen) atoms. The quantitative estimate of drug-likeness (QED) is 0.834. The molecule has 2 aromatic rings. The minimum atomic E-state index is -0.841. The van der Waals surface area contributed by atoms with Gasteiger partial charge in [-0.05, 0) is 24.1 Å². The summed E-state index contributed by atoms with van der Waals surface area (Å²) < 4.78 is 0. The van der Waals surface area contributed by atoms with Crippen molar-refractivity contribution in [2.75, 3.05) is 5.32 Å². The van der Waals surface area contributed by atoms with Crippen LogP contribution in [0.1, 0.15) is 48.1 Å². The van der Waals surface area contributed by atoms with Gasteiger partial charge in [0.1, 0.15) is 5.82 Å². The fourth-order valence-electron chi connectivity index (χ4n) is 2.01. The van der Waals surface area contributed by atoms with Crippen molar-refractivity contribution in [3.8, 4) is 0 Å². The van der Waals surface area contributed by atoms with Gasteiger partial charge in [0.25, 0.3) is 5.91 Å². The second-order valence-corrected chi connectivity index (χ2v) is 6.03. The largest absolute Gasteiger partial charge is 0.481 e. The summed E-state index contributed by atoms with van der Waals surface area (Å²) in [5.74, 6) is -0.620. The van der Waals surface area contributed by atoms with E-state index >= 15 is 0 Å². The van der Waals surface area contributed by atoms with Crippen molar-refractivity contribution in [3.63, 3.8) is 0 Å². The van der Waals surface area contributed by atoms with Crippen LogP contribution in [-0.2, 0) is 11.2 Å². The van der Waals surface area contributed by atoms with Crippen molar-refractivity contribution >= 4 is 29.2 Å². The first-order chi connectivity index (χ1) is 11.4. The standard InChI is InChI=1S/C17H18ClN3O3/c1-10(2)16-19-9-13(18)15(21-16)17(24)20-12-6-3-11(4-7-12)5-8-14(22)23/h3-4,6-7,9-10H,5,8H2,1-2H3,(H,20,24)(H,22,23). The van der Waals surface area contributed by atoms with E-state index in [1.807, 2.05) is 13.8 Å². The van der Waals surface area contributed by atoms with E-state index < -0.39 is 11.9 Å². The van der Waals surface area contributed by atoms with Crippen molar-refractivity contribution in [3.05, 3.63) is 52.6 Å². The highest BCUT2D eigenvalue weighted by Gasteiger charge is 2.15. The van der Waals surface area contributed by atoms with Crippen molar-refractivity contribution in [2.45, 2.75) is 32.6 Å². The van der Waals surface area contributed by atoms with Gasteiger partial charge in [-0.15, -0.1) is 0 Å². The SMILES string of the molecule is CC(C)c1ncc(Cl)c(C(=O)Nc2ccc(CCC(=O)O)cc2)n1. The maximum absolute atomic E-state index is 12.3. The first-order valence-electron chi connectivity index (χ1n) is 7.51. The highest BCUT2D eigenvalue weighted by molar-refractivity contribution is 6.33. The predicted molar refractivity (Wildman–Crippen MR) is 91.5 cm³/mol. The lowest BCUT2D eigenvalue weighted by atomic mass is 10.1. The van der Waals surface area contributed by atoms with Gasteiger partial charge in [-0.3, -0.25) is 9.59 Å². The number of carboxylic acid groups (broad SMARTS) is 1. The Morgan fingerprint density at radius 1 is 1.25 bits per heavy atom. The van der Waals surface area contributed by atoms with Crippen LogP contribution in [0.4, 0.5) is 5.69 Å². The number of hydrogen-bond donors (Lipinski definition) is 2. The third kappa shape index (κ3) is 4.76. The number of hydrogen-bond acceptors (Lipinski definition) is 4. The number of anilines is 1. The Morgan fingerprint density at radius 3 is 2.50 bits per heavy atom. The zero-order valence-electron chi connectivity index (χ0n) is 13.4. The Balaban J connectivity index is 2.09. The van der Waals surface area contributed by atoms with Crippen molar-refractivity contribution in [2.24, 2.45) is 0 Å². The second kappa shape index (κ2) is 7.88. The summed E-state index contributed by atoms with van der Waals surface area (Å²) >= 11 is 6.02. The van der Waals surface area contributed by atoms with Crippen molar-refractivity contribution in [1.29, 1.82) is 0 Å². The molecule has 0 aliphatic carbocycles. The Hall–Kier alpha value is -2.47. The molecule has 0 aliphatic heterocycles. The maximum atomic E-state index is 12.3. The molecule has 0 saturated carbocycles. The molecule has 0 radical (unpaired) electrons. The topological polar surface area (TPSA) is 92.2 Å². The molecule has 0 aliphatic rings. The Morgan fingerprint density at radius 2 is 1.92 bits per heavy atom. The van der Waals surface area contributed by atoms with Crippen LogP contribution in [0.25, 0.3) is 0 Å². The van der Waals surface area contributed by atoms with Crippen LogP contribution in [0.3, 0.4) is 0 Å². The smallest absolute Gasteiger partial charge is 0.303 e. The number of halogens is 1. The van der Waals surface area contributed by atoms with E-state index in [9.17, 15) is 9.59 Å².